The largest absolute Gasteiger partial charge is 0.309 e. The summed E-state index contributed by atoms with van der Waals surface area (Å²) in [6, 6.07) is 5.54. The molecule has 3 rings (SSSR count). The average Bonchev–Trinajstić information content (AvgIpc) is 3.17. The van der Waals surface area contributed by atoms with Crippen LogP contribution in [0.1, 0.15) is 30.7 Å². The van der Waals surface area contributed by atoms with E-state index in [0.29, 0.717) is 16.9 Å². The molecule has 5 heteroatoms. The molecule has 1 fully saturated rings. The van der Waals surface area contributed by atoms with Crippen molar-refractivity contribution in [3.05, 3.63) is 46.6 Å². The van der Waals surface area contributed by atoms with Crippen LogP contribution in [0.3, 0.4) is 0 Å². The Morgan fingerprint density at radius 3 is 2.67 bits per heavy atom. The van der Waals surface area contributed by atoms with Crippen LogP contribution in [0.15, 0.2) is 24.3 Å². The normalized spacial score (nSPS) is 16.2. The van der Waals surface area contributed by atoms with Crippen LogP contribution in [0.5, 0.6) is 0 Å². The van der Waals surface area contributed by atoms with Gasteiger partial charge >= 0.3 is 0 Å². The fraction of sp³-hybridized carbons (Fsp3) is 0.375. The molecule has 1 saturated carbocycles. The third kappa shape index (κ3) is 2.99. The van der Waals surface area contributed by atoms with E-state index < -0.39 is 17.5 Å². The quantitative estimate of drug-likeness (QED) is 0.775. The van der Waals surface area contributed by atoms with E-state index in [-0.39, 0.29) is 11.6 Å². The molecule has 0 bridgehead atoms. The molecule has 1 unspecified atom stereocenters. The van der Waals surface area contributed by atoms with E-state index in [2.05, 4.69) is 5.32 Å². The molecule has 0 radical (unpaired) electrons. The standard InChI is InChI=1S/C16H16F3NS/c1-2-20-16(9-3-4-9)14-6-5-13(21-14)11-7-10(17)8-12(18)15(11)19/h5-9,16,20H,2-4H2,1H3. The highest BCUT2D eigenvalue weighted by Gasteiger charge is 2.32. The van der Waals surface area contributed by atoms with Crippen LogP contribution in [0, 0.1) is 23.4 Å². The summed E-state index contributed by atoms with van der Waals surface area (Å²) >= 11 is 1.40. The lowest BCUT2D eigenvalue weighted by Gasteiger charge is -2.15. The third-order valence-corrected chi connectivity index (χ3v) is 4.91. The molecule has 1 aromatic carbocycles. The number of thiophene rings is 1. The van der Waals surface area contributed by atoms with Crippen LogP contribution in [-0.2, 0) is 0 Å². The highest BCUT2D eigenvalue weighted by atomic mass is 32.1. The van der Waals surface area contributed by atoms with Gasteiger partial charge in [-0.05, 0) is 43.5 Å². The molecule has 0 amide bonds. The second-order valence-electron chi connectivity index (χ2n) is 5.32. The van der Waals surface area contributed by atoms with E-state index in [1.165, 1.54) is 24.2 Å². The lowest BCUT2D eigenvalue weighted by atomic mass is 10.1. The summed E-state index contributed by atoms with van der Waals surface area (Å²) in [5, 5.41) is 3.43. The van der Waals surface area contributed by atoms with Crippen molar-refractivity contribution in [1.82, 2.24) is 5.32 Å². The minimum Gasteiger partial charge on any atom is -0.309 e. The lowest BCUT2D eigenvalue weighted by molar-refractivity contribution is 0.498. The minimum absolute atomic E-state index is 0.00482. The summed E-state index contributed by atoms with van der Waals surface area (Å²) in [7, 11) is 0. The molecule has 112 valence electrons. The zero-order valence-corrected chi connectivity index (χ0v) is 12.4. The summed E-state index contributed by atoms with van der Waals surface area (Å²) in [6.45, 7) is 2.91. The van der Waals surface area contributed by atoms with Crippen molar-refractivity contribution in [2.45, 2.75) is 25.8 Å². The van der Waals surface area contributed by atoms with Crippen molar-refractivity contribution in [1.29, 1.82) is 0 Å². The molecule has 1 atom stereocenters. The molecule has 0 saturated heterocycles. The molecule has 1 aliphatic carbocycles. The first-order valence-corrected chi connectivity index (χ1v) is 7.89. The minimum atomic E-state index is -1.15. The van der Waals surface area contributed by atoms with E-state index in [9.17, 15) is 13.2 Å². The van der Waals surface area contributed by atoms with Gasteiger partial charge < -0.3 is 5.32 Å². The Morgan fingerprint density at radius 2 is 2.00 bits per heavy atom. The average molecular weight is 311 g/mol. The summed E-state index contributed by atoms with van der Waals surface area (Å²) in [5.74, 6) is -2.28. The van der Waals surface area contributed by atoms with E-state index in [1.807, 2.05) is 13.0 Å². The number of hydrogen-bond donors (Lipinski definition) is 1. The Balaban J connectivity index is 1.94. The Hall–Kier alpha value is -1.33. The first kappa shape index (κ1) is 14.6. The SMILES string of the molecule is CCNC(c1ccc(-c2cc(F)cc(F)c2F)s1)C1CC1. The van der Waals surface area contributed by atoms with Crippen LogP contribution in [0.25, 0.3) is 10.4 Å². The van der Waals surface area contributed by atoms with Gasteiger partial charge in [0, 0.05) is 27.4 Å². The first-order valence-electron chi connectivity index (χ1n) is 7.08. The summed E-state index contributed by atoms with van der Waals surface area (Å²) in [5.41, 5.74) is -0.00482. The van der Waals surface area contributed by atoms with Gasteiger partial charge in [0.25, 0.3) is 0 Å². The van der Waals surface area contributed by atoms with Crippen LogP contribution in [0.4, 0.5) is 13.2 Å². The van der Waals surface area contributed by atoms with Gasteiger partial charge in [-0.2, -0.15) is 0 Å². The molecular weight excluding hydrogens is 295 g/mol. The van der Waals surface area contributed by atoms with E-state index in [1.54, 1.807) is 6.07 Å². The van der Waals surface area contributed by atoms with Crippen molar-refractivity contribution in [2.24, 2.45) is 5.92 Å². The second kappa shape index (κ2) is 5.81. The third-order valence-electron chi connectivity index (χ3n) is 3.71. The van der Waals surface area contributed by atoms with Gasteiger partial charge in [-0.1, -0.05) is 6.92 Å². The maximum absolute atomic E-state index is 13.8. The summed E-state index contributed by atoms with van der Waals surface area (Å²) in [6.07, 6.45) is 2.38. The van der Waals surface area contributed by atoms with E-state index in [4.69, 9.17) is 0 Å². The van der Waals surface area contributed by atoms with Crippen LogP contribution in [-0.4, -0.2) is 6.54 Å². The number of halogens is 3. The van der Waals surface area contributed by atoms with Crippen LogP contribution in [0.2, 0.25) is 0 Å². The molecule has 1 heterocycles. The lowest BCUT2D eigenvalue weighted by Crippen LogP contribution is -2.21. The smallest absolute Gasteiger partial charge is 0.167 e. The number of rotatable bonds is 5. The zero-order valence-electron chi connectivity index (χ0n) is 11.6. The van der Waals surface area contributed by atoms with Gasteiger partial charge in [0.1, 0.15) is 5.82 Å². The van der Waals surface area contributed by atoms with Gasteiger partial charge in [0.15, 0.2) is 11.6 Å². The topological polar surface area (TPSA) is 12.0 Å². The molecule has 2 aromatic rings. The van der Waals surface area contributed by atoms with Crippen molar-refractivity contribution in [3.8, 4) is 10.4 Å². The molecule has 1 aromatic heterocycles. The molecule has 1 nitrogen and oxygen atoms in total. The highest BCUT2D eigenvalue weighted by molar-refractivity contribution is 7.15. The Labute approximate surface area is 125 Å². The maximum Gasteiger partial charge on any atom is 0.167 e. The number of hydrogen-bond acceptors (Lipinski definition) is 2. The molecule has 0 aliphatic heterocycles. The van der Waals surface area contributed by atoms with Gasteiger partial charge in [0.05, 0.1) is 0 Å². The molecule has 1 N–H and O–H groups in total. The van der Waals surface area contributed by atoms with E-state index in [0.717, 1.165) is 17.5 Å². The zero-order chi connectivity index (χ0) is 15.0. The second-order valence-corrected chi connectivity index (χ2v) is 6.44. The van der Waals surface area contributed by atoms with Crippen molar-refractivity contribution >= 4 is 11.3 Å². The monoisotopic (exact) mass is 311 g/mol. The summed E-state index contributed by atoms with van der Waals surface area (Å²) in [4.78, 5) is 1.66. The van der Waals surface area contributed by atoms with Gasteiger partial charge in [-0.15, -0.1) is 11.3 Å². The van der Waals surface area contributed by atoms with Crippen LogP contribution >= 0.6 is 11.3 Å². The fourth-order valence-electron chi connectivity index (χ4n) is 2.55. The van der Waals surface area contributed by atoms with E-state index >= 15 is 0 Å². The molecule has 21 heavy (non-hydrogen) atoms. The van der Waals surface area contributed by atoms with Crippen molar-refractivity contribution in [3.63, 3.8) is 0 Å². The fourth-order valence-corrected chi connectivity index (χ4v) is 3.74. The van der Waals surface area contributed by atoms with Gasteiger partial charge in [-0.3, -0.25) is 0 Å². The van der Waals surface area contributed by atoms with Gasteiger partial charge in [-0.25, -0.2) is 13.2 Å². The predicted molar refractivity (Wildman–Crippen MR) is 78.8 cm³/mol. The first-order chi connectivity index (χ1) is 10.1. The number of benzene rings is 1. The van der Waals surface area contributed by atoms with Gasteiger partial charge in [0.2, 0.25) is 0 Å². The Kier molecular flexibility index (Phi) is 4.04. The maximum atomic E-state index is 13.8. The molecule has 1 aliphatic rings. The Bertz CT molecular complexity index is 649. The molecule has 0 spiro atoms. The highest BCUT2D eigenvalue weighted by Crippen LogP contribution is 2.44. The van der Waals surface area contributed by atoms with Crippen LogP contribution < -0.4 is 5.32 Å². The van der Waals surface area contributed by atoms with Crippen molar-refractivity contribution < 1.29 is 13.2 Å². The molecular formula is C16H16F3NS. The predicted octanol–water partition coefficient (Wildman–Crippen LogP) is 4.89. The summed E-state index contributed by atoms with van der Waals surface area (Å²) < 4.78 is 40.5. The number of nitrogens with one attached hydrogen (secondary N) is 1. The van der Waals surface area contributed by atoms with Crippen molar-refractivity contribution in [2.75, 3.05) is 6.54 Å². The Morgan fingerprint density at radius 1 is 1.24 bits per heavy atom.